The molecule has 1 aliphatic rings. The van der Waals surface area contributed by atoms with Crippen LogP contribution in [0.3, 0.4) is 0 Å². The van der Waals surface area contributed by atoms with Gasteiger partial charge in [0.25, 0.3) is 0 Å². The highest BCUT2D eigenvalue weighted by Gasteiger charge is 2.35. The van der Waals surface area contributed by atoms with Gasteiger partial charge in [0.1, 0.15) is 0 Å². The maximum absolute atomic E-state index is 12.4. The number of carboxylic acid groups (broad SMARTS) is 1. The van der Waals surface area contributed by atoms with Crippen molar-refractivity contribution in [2.45, 2.75) is 45.1 Å². The summed E-state index contributed by atoms with van der Waals surface area (Å²) in [7, 11) is 2.56. The minimum absolute atomic E-state index is 0.0626. The van der Waals surface area contributed by atoms with Gasteiger partial charge in [-0.25, -0.2) is 0 Å². The molecule has 0 saturated heterocycles. The zero-order valence-corrected chi connectivity index (χ0v) is 13.8. The molecule has 23 heavy (non-hydrogen) atoms. The van der Waals surface area contributed by atoms with Gasteiger partial charge in [-0.2, -0.15) is 0 Å². The lowest BCUT2D eigenvalue weighted by atomic mass is 9.85. The molecule has 7 nitrogen and oxygen atoms in total. The van der Waals surface area contributed by atoms with Gasteiger partial charge in [0, 0.05) is 17.6 Å². The van der Waals surface area contributed by atoms with Crippen LogP contribution < -0.4 is 0 Å². The first kappa shape index (κ1) is 18.9. The molecule has 1 atom stereocenters. The number of carboxylic acids is 1. The molecule has 0 aromatic carbocycles. The molecule has 0 aliphatic heterocycles. The fourth-order valence-corrected chi connectivity index (χ4v) is 2.39. The first-order valence-corrected chi connectivity index (χ1v) is 7.20. The summed E-state index contributed by atoms with van der Waals surface area (Å²) in [6.45, 7) is 3.03. The first-order valence-electron chi connectivity index (χ1n) is 7.20. The van der Waals surface area contributed by atoms with Crippen LogP contribution in [0.1, 0.15) is 39.5 Å². The van der Waals surface area contributed by atoms with Gasteiger partial charge in [-0.05, 0) is 33.1 Å². The van der Waals surface area contributed by atoms with E-state index in [0.717, 1.165) is 0 Å². The molecule has 0 heterocycles. The topological polar surface area (TPSA) is 110 Å². The van der Waals surface area contributed by atoms with E-state index in [2.05, 4.69) is 0 Å². The minimum Gasteiger partial charge on any atom is -0.489 e. The molecule has 0 aromatic rings. The Morgan fingerprint density at radius 1 is 1.09 bits per heavy atom. The van der Waals surface area contributed by atoms with E-state index >= 15 is 0 Å². The van der Waals surface area contributed by atoms with E-state index in [4.69, 9.17) is 14.6 Å². The van der Waals surface area contributed by atoms with Crippen LogP contribution >= 0.6 is 0 Å². The van der Waals surface area contributed by atoms with Gasteiger partial charge < -0.3 is 19.7 Å². The number of hydrogen-bond donors (Lipinski definition) is 2. The van der Waals surface area contributed by atoms with Gasteiger partial charge >= 0.3 is 5.97 Å². The molecule has 1 rings (SSSR count). The summed E-state index contributed by atoms with van der Waals surface area (Å²) < 4.78 is 9.92. The maximum atomic E-state index is 12.4. The molecule has 0 aromatic heterocycles. The number of Topliss-reactive ketones (excluding diaryl/α,β-unsaturated/α-hetero) is 2. The van der Waals surface area contributed by atoms with Crippen LogP contribution in [0.25, 0.3) is 0 Å². The zero-order valence-electron chi connectivity index (χ0n) is 13.8. The quantitative estimate of drug-likeness (QED) is 0.648. The van der Waals surface area contributed by atoms with Crippen molar-refractivity contribution in [2.75, 3.05) is 14.2 Å². The fourth-order valence-electron chi connectivity index (χ4n) is 2.39. The molecule has 0 fully saturated rings. The molecule has 0 saturated carbocycles. The van der Waals surface area contributed by atoms with Gasteiger partial charge in [-0.15, -0.1) is 0 Å². The van der Waals surface area contributed by atoms with E-state index in [0.29, 0.717) is 0 Å². The maximum Gasteiger partial charge on any atom is 0.303 e. The predicted octanol–water partition coefficient (Wildman–Crippen LogP) is 1.36. The van der Waals surface area contributed by atoms with Crippen molar-refractivity contribution in [3.63, 3.8) is 0 Å². The molecule has 0 bridgehead atoms. The lowest BCUT2D eigenvalue weighted by molar-refractivity contribution is -0.138. The van der Waals surface area contributed by atoms with Gasteiger partial charge in [-0.3, -0.25) is 14.4 Å². The van der Waals surface area contributed by atoms with Crippen LogP contribution in [-0.4, -0.2) is 47.6 Å². The number of ketones is 2. The molecule has 1 unspecified atom stereocenters. The third-order valence-corrected chi connectivity index (χ3v) is 3.89. The molecule has 2 N–H and O–H groups in total. The number of methoxy groups -OCH3 is 2. The average Bonchev–Trinajstić information content (AvgIpc) is 2.48. The van der Waals surface area contributed by atoms with Gasteiger partial charge in [0.15, 0.2) is 0 Å². The normalized spacial score (nSPS) is 18.1. The van der Waals surface area contributed by atoms with Gasteiger partial charge in [-0.1, -0.05) is 0 Å². The summed E-state index contributed by atoms with van der Waals surface area (Å²) in [6, 6.07) is 0. The highest BCUT2D eigenvalue weighted by molar-refractivity contribution is 6.23. The molecule has 0 spiro atoms. The summed E-state index contributed by atoms with van der Waals surface area (Å²) in [5, 5.41) is 18.9. The number of hydrogen-bond acceptors (Lipinski definition) is 6. The highest BCUT2D eigenvalue weighted by Crippen LogP contribution is 2.30. The number of ether oxygens (including phenoxy) is 2. The number of rotatable bonds is 8. The highest BCUT2D eigenvalue weighted by atomic mass is 16.5. The smallest absolute Gasteiger partial charge is 0.303 e. The summed E-state index contributed by atoms with van der Waals surface area (Å²) in [5.41, 5.74) is -0.738. The Bertz CT molecular complexity index is 581. The van der Waals surface area contributed by atoms with Crippen LogP contribution in [0.15, 0.2) is 22.7 Å². The van der Waals surface area contributed by atoms with Crippen molar-refractivity contribution < 1.29 is 34.1 Å². The number of aliphatic hydroxyl groups is 1. The summed E-state index contributed by atoms with van der Waals surface area (Å²) >= 11 is 0. The van der Waals surface area contributed by atoms with E-state index in [1.807, 2.05) is 0 Å². The largest absolute Gasteiger partial charge is 0.489 e. The summed E-state index contributed by atoms with van der Waals surface area (Å²) in [4.78, 5) is 35.2. The summed E-state index contributed by atoms with van der Waals surface area (Å²) in [5.74, 6) is -2.15. The molecule has 0 amide bonds. The fraction of sp³-hybridized carbons (Fsp3) is 0.562. The Hall–Kier alpha value is -2.15. The Labute approximate surface area is 134 Å². The second kappa shape index (κ2) is 7.41. The van der Waals surface area contributed by atoms with Crippen molar-refractivity contribution in [1.82, 2.24) is 0 Å². The predicted molar refractivity (Wildman–Crippen MR) is 80.5 cm³/mol. The van der Waals surface area contributed by atoms with Crippen LogP contribution in [-0.2, 0) is 23.9 Å². The van der Waals surface area contributed by atoms with Crippen LogP contribution in [0, 0.1) is 0 Å². The standard InChI is InChI=1S/C16H22O7/c1-9-10(5-7-16(2,21)8-6-11(17)18)13(20)15(23-4)14(22-3)12(9)19/h21H,5-8H2,1-4H3,(H,17,18). The second-order valence-corrected chi connectivity index (χ2v) is 5.72. The van der Waals surface area contributed by atoms with Crippen LogP contribution in [0.4, 0.5) is 0 Å². The third kappa shape index (κ3) is 4.41. The monoisotopic (exact) mass is 326 g/mol. The Morgan fingerprint density at radius 2 is 1.61 bits per heavy atom. The van der Waals surface area contributed by atoms with E-state index in [1.165, 1.54) is 28.1 Å². The Balaban J connectivity index is 2.92. The number of allylic oxidation sites excluding steroid dienone is 2. The molecule has 7 heteroatoms. The molecular formula is C16H22O7. The van der Waals surface area contributed by atoms with Crippen molar-refractivity contribution in [3.05, 3.63) is 22.7 Å². The zero-order chi connectivity index (χ0) is 17.8. The third-order valence-electron chi connectivity index (χ3n) is 3.89. The molecule has 0 radical (unpaired) electrons. The number of carbonyl (C=O) groups excluding carboxylic acids is 2. The van der Waals surface area contributed by atoms with E-state index in [1.54, 1.807) is 0 Å². The van der Waals surface area contributed by atoms with Crippen LogP contribution in [0.5, 0.6) is 0 Å². The van der Waals surface area contributed by atoms with E-state index in [-0.39, 0.29) is 48.3 Å². The molecular weight excluding hydrogens is 304 g/mol. The first-order chi connectivity index (χ1) is 10.6. The van der Waals surface area contributed by atoms with Crippen molar-refractivity contribution in [3.8, 4) is 0 Å². The van der Waals surface area contributed by atoms with Crippen LogP contribution in [0.2, 0.25) is 0 Å². The van der Waals surface area contributed by atoms with Crippen molar-refractivity contribution in [1.29, 1.82) is 0 Å². The number of carbonyl (C=O) groups is 3. The lowest BCUT2D eigenvalue weighted by Gasteiger charge is -2.25. The number of aliphatic carboxylic acids is 1. The molecule has 128 valence electrons. The van der Waals surface area contributed by atoms with Gasteiger partial charge in [0.05, 0.1) is 19.8 Å². The molecule has 1 aliphatic carbocycles. The lowest BCUT2D eigenvalue weighted by Crippen LogP contribution is -2.29. The van der Waals surface area contributed by atoms with Crippen molar-refractivity contribution in [2.24, 2.45) is 0 Å². The van der Waals surface area contributed by atoms with E-state index in [9.17, 15) is 19.5 Å². The average molecular weight is 326 g/mol. The Morgan fingerprint density at radius 3 is 2.09 bits per heavy atom. The van der Waals surface area contributed by atoms with Gasteiger partial charge in [0.2, 0.25) is 23.1 Å². The minimum atomic E-state index is -1.24. The second-order valence-electron chi connectivity index (χ2n) is 5.72. The van der Waals surface area contributed by atoms with Crippen molar-refractivity contribution >= 4 is 17.5 Å². The van der Waals surface area contributed by atoms with E-state index < -0.39 is 23.1 Å². The summed E-state index contributed by atoms with van der Waals surface area (Å²) in [6.07, 6.45) is 0.195. The SMILES string of the molecule is COC1=C(OC)C(=O)C(CCC(C)(O)CCC(=O)O)=C(C)C1=O. The Kier molecular flexibility index (Phi) is 6.09.